The summed E-state index contributed by atoms with van der Waals surface area (Å²) in [5, 5.41) is 10.6. The number of alkyl halides is 9. The average molecular weight is 414 g/mol. The number of hydrogen-bond donors (Lipinski definition) is 2. The molecule has 0 aromatic carbocycles. The summed E-state index contributed by atoms with van der Waals surface area (Å²) in [6.07, 6.45) is -18.4. The number of halogens is 9. The first kappa shape index (κ1) is 22.8. The van der Waals surface area contributed by atoms with Gasteiger partial charge in [0.15, 0.2) is 6.61 Å². The van der Waals surface area contributed by atoms with E-state index in [1.165, 1.54) is 0 Å². The Balaban J connectivity index is 2.74. The molecule has 1 aromatic heterocycles. The summed E-state index contributed by atoms with van der Waals surface area (Å²) >= 11 is 0. The highest BCUT2D eigenvalue weighted by Gasteiger charge is 2.70. The second-order valence-electron chi connectivity index (χ2n) is 5.22. The Bertz CT molecular complexity index is 642. The minimum atomic E-state index is -6.15. The number of carbonyl (C=O) groups is 1. The lowest BCUT2D eigenvalue weighted by atomic mass is 9.97. The summed E-state index contributed by atoms with van der Waals surface area (Å²) < 4.78 is 115. The van der Waals surface area contributed by atoms with Crippen molar-refractivity contribution in [3.63, 3.8) is 0 Å². The Labute approximate surface area is 145 Å². The number of nitrogens with zero attached hydrogens (tertiary/aromatic N) is 1. The number of aromatic nitrogens is 1. The predicted octanol–water partition coefficient (Wildman–Crippen LogP) is 2.88. The molecule has 1 heterocycles. The topological polar surface area (TPSA) is 71.5 Å². The maximum absolute atomic E-state index is 12.5. The van der Waals surface area contributed by atoms with Crippen LogP contribution in [-0.4, -0.2) is 46.7 Å². The monoisotopic (exact) mass is 414 g/mol. The van der Waals surface area contributed by atoms with E-state index >= 15 is 0 Å². The molecule has 0 aliphatic carbocycles. The molecular weight excluding hydrogens is 403 g/mol. The molecule has 14 heteroatoms. The largest absolute Gasteiger partial charge is 0.468 e. The molecule has 0 saturated carbocycles. The molecule has 154 valence electrons. The molecule has 0 aliphatic heterocycles. The quantitative estimate of drug-likeness (QED) is 0.703. The van der Waals surface area contributed by atoms with Gasteiger partial charge in [0.05, 0.1) is 6.42 Å². The van der Waals surface area contributed by atoms with Crippen molar-refractivity contribution in [2.45, 2.75) is 37.1 Å². The van der Waals surface area contributed by atoms with E-state index in [0.717, 1.165) is 18.3 Å². The van der Waals surface area contributed by atoms with E-state index in [0.29, 0.717) is 0 Å². The van der Waals surface area contributed by atoms with Crippen LogP contribution >= 0.6 is 0 Å². The highest BCUT2D eigenvalue weighted by Crippen LogP contribution is 2.45. The molecule has 1 rings (SSSR count). The molecule has 0 bridgehead atoms. The van der Waals surface area contributed by atoms with E-state index in [-0.39, 0.29) is 5.56 Å². The van der Waals surface area contributed by atoms with E-state index in [9.17, 15) is 44.3 Å². The van der Waals surface area contributed by atoms with Gasteiger partial charge in [-0.2, -0.15) is 39.5 Å². The Morgan fingerprint density at radius 2 is 1.63 bits per heavy atom. The summed E-state index contributed by atoms with van der Waals surface area (Å²) in [5.41, 5.74) is -5.26. The zero-order chi connectivity index (χ0) is 21.1. The third-order valence-electron chi connectivity index (χ3n) is 3.03. The van der Waals surface area contributed by atoms with Gasteiger partial charge in [0.1, 0.15) is 0 Å². The van der Waals surface area contributed by atoms with Gasteiger partial charge in [-0.15, -0.1) is 0 Å². The average Bonchev–Trinajstić information content (AvgIpc) is 2.48. The maximum Gasteiger partial charge on any atom is 0.426 e. The number of carbonyl (C=O) groups excluding carboxylic acids is 1. The fourth-order valence-corrected chi connectivity index (χ4v) is 1.65. The lowest BCUT2D eigenvalue weighted by molar-refractivity contribution is -0.367. The molecule has 1 amide bonds. The first-order chi connectivity index (χ1) is 12.1. The van der Waals surface area contributed by atoms with Gasteiger partial charge < -0.3 is 15.2 Å². The van der Waals surface area contributed by atoms with Crippen LogP contribution in [0.15, 0.2) is 18.3 Å². The highest BCUT2D eigenvalue weighted by atomic mass is 19.4. The van der Waals surface area contributed by atoms with Gasteiger partial charge in [-0.05, 0) is 11.6 Å². The Hall–Kier alpha value is -2.25. The molecule has 0 unspecified atom stereocenters. The van der Waals surface area contributed by atoms with Gasteiger partial charge in [0.2, 0.25) is 11.8 Å². The van der Waals surface area contributed by atoms with Crippen molar-refractivity contribution in [1.82, 2.24) is 10.3 Å². The summed E-state index contributed by atoms with van der Waals surface area (Å²) in [6.45, 7) is -2.32. The minimum Gasteiger partial charge on any atom is -0.468 e. The van der Waals surface area contributed by atoms with Crippen molar-refractivity contribution in [1.29, 1.82) is 0 Å². The van der Waals surface area contributed by atoms with E-state index in [4.69, 9.17) is 5.11 Å². The normalized spacial score (nSPS) is 13.4. The third kappa shape index (κ3) is 6.45. The third-order valence-corrected chi connectivity index (χ3v) is 3.03. The number of amides is 1. The molecule has 5 nitrogen and oxygen atoms in total. The van der Waals surface area contributed by atoms with E-state index in [1.807, 2.05) is 0 Å². The van der Waals surface area contributed by atoms with Crippen molar-refractivity contribution in [2.75, 3.05) is 6.61 Å². The highest BCUT2D eigenvalue weighted by molar-refractivity contribution is 5.77. The standard InChI is InChI=1S/C13H11F9N2O3/c14-11(15,16)6-27-9-3-7(1-2-23-9)5-24-8(25)4-10(26,12(17,18)19)13(20,21)22/h1-3,26H,4-6H2,(H,24,25). The SMILES string of the molecule is O=C(CC(O)(C(F)(F)F)C(F)(F)F)NCc1ccnc(OCC(F)(F)F)c1. The van der Waals surface area contributed by atoms with E-state index < -0.39 is 55.5 Å². The number of nitrogens with one attached hydrogen (secondary N) is 1. The first-order valence-corrected chi connectivity index (χ1v) is 6.82. The first-order valence-electron chi connectivity index (χ1n) is 6.82. The second kappa shape index (κ2) is 7.78. The molecule has 0 spiro atoms. The summed E-state index contributed by atoms with van der Waals surface area (Å²) in [7, 11) is 0. The molecule has 2 N–H and O–H groups in total. The van der Waals surface area contributed by atoms with Gasteiger partial charge in [-0.25, -0.2) is 4.98 Å². The summed E-state index contributed by atoms with van der Waals surface area (Å²) in [4.78, 5) is 14.8. The smallest absolute Gasteiger partial charge is 0.426 e. The number of pyridine rings is 1. The van der Waals surface area contributed by atoms with Gasteiger partial charge in [0.25, 0.3) is 5.60 Å². The Morgan fingerprint density at radius 1 is 1.07 bits per heavy atom. The zero-order valence-electron chi connectivity index (χ0n) is 13.0. The minimum absolute atomic E-state index is 0.0157. The van der Waals surface area contributed by atoms with Crippen molar-refractivity contribution < 1.29 is 54.2 Å². The van der Waals surface area contributed by atoms with Crippen molar-refractivity contribution >= 4 is 5.91 Å². The van der Waals surface area contributed by atoms with E-state index in [2.05, 4.69) is 9.72 Å². The fraction of sp³-hybridized carbons (Fsp3) is 0.538. The molecule has 0 fully saturated rings. The van der Waals surface area contributed by atoms with Gasteiger partial charge in [-0.3, -0.25) is 4.79 Å². The number of ether oxygens (including phenoxy) is 1. The van der Waals surface area contributed by atoms with Crippen LogP contribution in [0.1, 0.15) is 12.0 Å². The zero-order valence-corrected chi connectivity index (χ0v) is 13.0. The second-order valence-corrected chi connectivity index (χ2v) is 5.22. The molecule has 1 aromatic rings. The van der Waals surface area contributed by atoms with Crippen LogP contribution in [0.4, 0.5) is 39.5 Å². The molecule has 0 radical (unpaired) electrons. The molecule has 27 heavy (non-hydrogen) atoms. The van der Waals surface area contributed by atoms with Crippen LogP contribution < -0.4 is 10.1 Å². The van der Waals surface area contributed by atoms with E-state index in [1.54, 1.807) is 5.32 Å². The summed E-state index contributed by atoms with van der Waals surface area (Å²) in [5.74, 6) is -2.32. The van der Waals surface area contributed by atoms with Gasteiger partial charge >= 0.3 is 18.5 Å². The Kier molecular flexibility index (Phi) is 6.57. The predicted molar refractivity (Wildman–Crippen MR) is 69.3 cm³/mol. The number of hydrogen-bond acceptors (Lipinski definition) is 4. The number of aliphatic hydroxyl groups is 1. The lowest BCUT2D eigenvalue weighted by Crippen LogP contribution is -2.58. The fourth-order valence-electron chi connectivity index (χ4n) is 1.65. The molecule has 0 saturated heterocycles. The van der Waals surface area contributed by atoms with Crippen LogP contribution in [0.5, 0.6) is 5.88 Å². The van der Waals surface area contributed by atoms with Crippen LogP contribution in [-0.2, 0) is 11.3 Å². The van der Waals surface area contributed by atoms with Crippen molar-refractivity contribution in [3.8, 4) is 5.88 Å². The van der Waals surface area contributed by atoms with Crippen molar-refractivity contribution in [3.05, 3.63) is 23.9 Å². The maximum atomic E-state index is 12.5. The lowest BCUT2D eigenvalue weighted by Gasteiger charge is -2.31. The van der Waals surface area contributed by atoms with Gasteiger partial charge in [0, 0.05) is 18.8 Å². The molecular formula is C13H11F9N2O3. The summed E-state index contributed by atoms with van der Waals surface area (Å²) in [6, 6.07) is 2.02. The van der Waals surface area contributed by atoms with Crippen LogP contribution in [0.25, 0.3) is 0 Å². The Morgan fingerprint density at radius 3 is 2.11 bits per heavy atom. The number of rotatable bonds is 6. The van der Waals surface area contributed by atoms with Crippen LogP contribution in [0.3, 0.4) is 0 Å². The van der Waals surface area contributed by atoms with Crippen LogP contribution in [0, 0.1) is 0 Å². The molecule has 0 aliphatic rings. The van der Waals surface area contributed by atoms with Gasteiger partial charge in [-0.1, -0.05) is 0 Å². The molecule has 0 atom stereocenters. The van der Waals surface area contributed by atoms with Crippen LogP contribution in [0.2, 0.25) is 0 Å². The van der Waals surface area contributed by atoms with Crippen molar-refractivity contribution in [2.24, 2.45) is 0 Å².